The number of nitrogens with zero attached hydrogens (tertiary/aromatic N) is 3. The van der Waals surface area contributed by atoms with Gasteiger partial charge in [0.25, 0.3) is 5.91 Å². The van der Waals surface area contributed by atoms with E-state index in [-0.39, 0.29) is 49.2 Å². The number of urea groups is 1. The van der Waals surface area contributed by atoms with E-state index in [0.717, 1.165) is 12.8 Å². The lowest BCUT2D eigenvalue weighted by molar-refractivity contribution is 0.0356. The minimum atomic E-state index is -1.02. The van der Waals surface area contributed by atoms with E-state index in [1.165, 1.54) is 11.1 Å². The fourth-order valence-electron chi connectivity index (χ4n) is 5.21. The van der Waals surface area contributed by atoms with Crippen LogP contribution in [0.4, 0.5) is 10.5 Å². The lowest BCUT2D eigenvalue weighted by Crippen LogP contribution is -2.50. The third kappa shape index (κ3) is 6.34. The molecule has 3 atom stereocenters. The molecule has 1 aliphatic carbocycles. The highest BCUT2D eigenvalue weighted by molar-refractivity contribution is 5.97. The number of carbonyl (C=O) groups excluding carboxylic acids is 2. The van der Waals surface area contributed by atoms with Gasteiger partial charge < -0.3 is 39.5 Å². The number of hydrogen-bond donors (Lipinski definition) is 3. The molecule has 0 radical (unpaired) electrons. The van der Waals surface area contributed by atoms with Crippen LogP contribution in [-0.4, -0.2) is 88.2 Å². The third-order valence-corrected chi connectivity index (χ3v) is 7.82. The van der Waals surface area contributed by atoms with Gasteiger partial charge in [-0.15, -0.1) is 0 Å². The molecule has 1 aromatic carbocycles. The Labute approximate surface area is 239 Å². The monoisotopic (exact) mass is 564 g/mol. The summed E-state index contributed by atoms with van der Waals surface area (Å²) in [5, 5.41) is 23.4. The molecule has 11 nitrogen and oxygen atoms in total. The van der Waals surface area contributed by atoms with Crippen molar-refractivity contribution in [3.8, 4) is 29.2 Å². The van der Waals surface area contributed by atoms with Crippen molar-refractivity contribution in [2.75, 3.05) is 38.9 Å². The summed E-state index contributed by atoms with van der Waals surface area (Å²) < 4.78 is 17.0. The van der Waals surface area contributed by atoms with Crippen molar-refractivity contribution in [3.63, 3.8) is 0 Å². The molecule has 1 saturated carbocycles. The number of fused-ring (bicyclic) bond motifs is 2. The Kier molecular flexibility index (Phi) is 8.24. The lowest BCUT2D eigenvalue weighted by Gasteiger charge is -2.37. The Bertz CT molecular complexity index is 1360. The van der Waals surface area contributed by atoms with Gasteiger partial charge in [-0.05, 0) is 50.8 Å². The first-order chi connectivity index (χ1) is 19.7. The molecule has 0 spiro atoms. The van der Waals surface area contributed by atoms with E-state index in [9.17, 15) is 19.8 Å². The molecular weight excluding hydrogens is 528 g/mol. The second-order valence-electron chi connectivity index (χ2n) is 11.1. The Morgan fingerprint density at radius 3 is 2.78 bits per heavy atom. The van der Waals surface area contributed by atoms with Gasteiger partial charge in [-0.25, -0.2) is 9.78 Å². The molecule has 41 heavy (non-hydrogen) atoms. The molecule has 218 valence electrons. The Morgan fingerprint density at radius 2 is 2.02 bits per heavy atom. The van der Waals surface area contributed by atoms with Gasteiger partial charge in [0, 0.05) is 43.0 Å². The fraction of sp³-hybridized carbons (Fsp3) is 0.500. The van der Waals surface area contributed by atoms with Crippen LogP contribution >= 0.6 is 0 Å². The van der Waals surface area contributed by atoms with Crippen LogP contribution in [0.25, 0.3) is 0 Å². The SMILES string of the molecule is C[C@@H]1CN([C@@H](C)CO)C(=O)c2cc(C#CC3(O)CCCC3)cnc2O[C@@H]1CN(C)C(=O)Nc1ccc2c(c1)OCO2. The molecule has 3 heterocycles. The van der Waals surface area contributed by atoms with E-state index in [2.05, 4.69) is 22.1 Å². The van der Waals surface area contributed by atoms with E-state index in [1.807, 2.05) is 6.92 Å². The van der Waals surface area contributed by atoms with Gasteiger partial charge in [0.15, 0.2) is 11.5 Å². The van der Waals surface area contributed by atoms with Gasteiger partial charge in [0.1, 0.15) is 17.3 Å². The summed E-state index contributed by atoms with van der Waals surface area (Å²) in [5.41, 5.74) is 0.256. The number of rotatable bonds is 5. The normalized spacial score (nSPS) is 21.5. The summed E-state index contributed by atoms with van der Waals surface area (Å²) in [6.45, 7) is 4.16. The van der Waals surface area contributed by atoms with Crippen LogP contribution in [-0.2, 0) is 0 Å². The summed E-state index contributed by atoms with van der Waals surface area (Å²) in [5.74, 6) is 6.74. The molecule has 0 saturated heterocycles. The minimum absolute atomic E-state index is 0.136. The quantitative estimate of drug-likeness (QED) is 0.472. The number of benzene rings is 1. The van der Waals surface area contributed by atoms with Crippen LogP contribution in [0, 0.1) is 17.8 Å². The Balaban J connectivity index is 1.37. The number of aromatic nitrogens is 1. The number of likely N-dealkylation sites (N-methyl/N-ethyl adjacent to an activating group) is 1. The van der Waals surface area contributed by atoms with Crippen molar-refractivity contribution in [3.05, 3.63) is 41.6 Å². The average Bonchev–Trinajstić information content (AvgIpc) is 3.62. The molecule has 5 rings (SSSR count). The van der Waals surface area contributed by atoms with Crippen molar-refractivity contribution in [2.45, 2.75) is 57.3 Å². The predicted octanol–water partition coefficient (Wildman–Crippen LogP) is 2.85. The second-order valence-corrected chi connectivity index (χ2v) is 11.1. The van der Waals surface area contributed by atoms with Crippen molar-refractivity contribution >= 4 is 17.6 Å². The number of aliphatic hydroxyl groups excluding tert-OH is 1. The standard InChI is InChI=1S/C30H36N4O7/c1-19-15-34(20(2)17-35)28(36)23-12-21(8-11-30(38)9-4-5-10-30)14-31-27(23)41-26(19)16-33(3)29(37)32-22-6-7-24-25(13-22)40-18-39-24/h6-7,12-14,19-20,26,35,38H,4-5,9-10,15-18H2,1-3H3,(H,32,37)/t19-,20+,26-/m1/s1. The molecule has 11 heteroatoms. The smallest absolute Gasteiger partial charge is 0.321 e. The van der Waals surface area contributed by atoms with Crippen LogP contribution in [0.1, 0.15) is 55.5 Å². The number of ether oxygens (including phenoxy) is 3. The van der Waals surface area contributed by atoms with Crippen LogP contribution in [0.5, 0.6) is 17.4 Å². The summed E-state index contributed by atoms with van der Waals surface area (Å²) in [4.78, 5) is 34.2. The van der Waals surface area contributed by atoms with Crippen LogP contribution in [0.3, 0.4) is 0 Å². The van der Waals surface area contributed by atoms with Gasteiger partial charge in [0.2, 0.25) is 12.7 Å². The molecule has 2 aromatic rings. The molecule has 3 amide bonds. The third-order valence-electron chi connectivity index (χ3n) is 7.82. The van der Waals surface area contributed by atoms with Crippen molar-refractivity contribution < 1.29 is 34.0 Å². The van der Waals surface area contributed by atoms with Crippen LogP contribution in [0.15, 0.2) is 30.5 Å². The van der Waals surface area contributed by atoms with E-state index in [1.54, 1.807) is 43.1 Å². The van der Waals surface area contributed by atoms with Crippen LogP contribution < -0.4 is 19.5 Å². The first-order valence-electron chi connectivity index (χ1n) is 13.9. The highest BCUT2D eigenvalue weighted by Crippen LogP contribution is 2.34. The average molecular weight is 565 g/mol. The predicted molar refractivity (Wildman–Crippen MR) is 150 cm³/mol. The van der Waals surface area contributed by atoms with E-state index < -0.39 is 17.7 Å². The van der Waals surface area contributed by atoms with Crippen molar-refractivity contribution in [2.24, 2.45) is 5.92 Å². The summed E-state index contributed by atoms with van der Waals surface area (Å²) in [6, 6.07) is 6.01. The van der Waals surface area contributed by atoms with E-state index in [4.69, 9.17) is 14.2 Å². The zero-order chi connectivity index (χ0) is 29.1. The highest BCUT2D eigenvalue weighted by Gasteiger charge is 2.35. The largest absolute Gasteiger partial charge is 0.472 e. The zero-order valence-electron chi connectivity index (χ0n) is 23.6. The van der Waals surface area contributed by atoms with E-state index in [0.29, 0.717) is 42.1 Å². The molecule has 2 aliphatic heterocycles. The molecule has 1 fully saturated rings. The maximum absolute atomic E-state index is 13.6. The van der Waals surface area contributed by atoms with Crippen molar-refractivity contribution in [1.29, 1.82) is 0 Å². The Hall–Kier alpha value is -4.01. The molecule has 3 aliphatic rings. The molecule has 0 unspecified atom stereocenters. The zero-order valence-corrected chi connectivity index (χ0v) is 23.6. The van der Waals surface area contributed by atoms with Gasteiger partial charge in [-0.1, -0.05) is 18.8 Å². The van der Waals surface area contributed by atoms with Gasteiger partial charge in [-0.2, -0.15) is 0 Å². The number of anilines is 1. The highest BCUT2D eigenvalue weighted by atomic mass is 16.7. The second kappa shape index (κ2) is 11.8. The lowest BCUT2D eigenvalue weighted by atomic mass is 9.99. The van der Waals surface area contributed by atoms with E-state index >= 15 is 0 Å². The van der Waals surface area contributed by atoms with Gasteiger partial charge >= 0.3 is 6.03 Å². The van der Waals surface area contributed by atoms with Gasteiger partial charge in [0.05, 0.1) is 19.2 Å². The topological polar surface area (TPSA) is 134 Å². The number of pyridine rings is 1. The minimum Gasteiger partial charge on any atom is -0.472 e. The molecule has 0 bridgehead atoms. The maximum atomic E-state index is 13.6. The fourth-order valence-corrected chi connectivity index (χ4v) is 5.21. The molecule has 1 aromatic heterocycles. The number of carbonyl (C=O) groups is 2. The molecular formula is C30H36N4O7. The van der Waals surface area contributed by atoms with Crippen LogP contribution in [0.2, 0.25) is 0 Å². The summed E-state index contributed by atoms with van der Waals surface area (Å²) in [6.07, 6.45) is 4.12. The maximum Gasteiger partial charge on any atom is 0.321 e. The van der Waals surface area contributed by atoms with Gasteiger partial charge in [-0.3, -0.25) is 4.79 Å². The first-order valence-corrected chi connectivity index (χ1v) is 13.9. The van der Waals surface area contributed by atoms with Crippen molar-refractivity contribution in [1.82, 2.24) is 14.8 Å². The first kappa shape index (κ1) is 28.5. The Morgan fingerprint density at radius 1 is 1.27 bits per heavy atom. The number of amides is 3. The molecule has 3 N–H and O–H groups in total. The summed E-state index contributed by atoms with van der Waals surface area (Å²) in [7, 11) is 1.66. The summed E-state index contributed by atoms with van der Waals surface area (Å²) >= 11 is 0. The number of hydrogen-bond acceptors (Lipinski definition) is 8. The number of aliphatic hydroxyl groups is 2. The number of nitrogens with one attached hydrogen (secondary N) is 1.